The Labute approximate surface area is 89.2 Å². The fourth-order valence-corrected chi connectivity index (χ4v) is 2.48. The highest BCUT2D eigenvalue weighted by Gasteiger charge is 2.39. The summed E-state index contributed by atoms with van der Waals surface area (Å²) >= 11 is 0. The van der Waals surface area contributed by atoms with Crippen molar-refractivity contribution in [2.24, 2.45) is 7.05 Å². The van der Waals surface area contributed by atoms with Gasteiger partial charge in [0, 0.05) is 25.3 Å². The van der Waals surface area contributed by atoms with E-state index in [1.165, 1.54) is 0 Å². The van der Waals surface area contributed by atoms with Crippen molar-refractivity contribution >= 4 is 5.78 Å². The maximum Gasteiger partial charge on any atom is 0.160 e. The fourth-order valence-electron chi connectivity index (χ4n) is 2.48. The van der Waals surface area contributed by atoms with E-state index in [1.807, 2.05) is 11.7 Å². The second-order valence-electron chi connectivity index (χ2n) is 4.46. The van der Waals surface area contributed by atoms with E-state index in [9.17, 15) is 4.79 Å². The Bertz CT molecular complexity index is 397. The van der Waals surface area contributed by atoms with Crippen LogP contribution in [0.2, 0.25) is 0 Å². The highest BCUT2D eigenvalue weighted by Crippen LogP contribution is 2.42. The summed E-state index contributed by atoms with van der Waals surface area (Å²) in [6, 6.07) is 0. The summed E-state index contributed by atoms with van der Waals surface area (Å²) in [5.41, 5.74) is 0.934. The van der Waals surface area contributed by atoms with Crippen molar-refractivity contribution in [1.29, 1.82) is 0 Å². The van der Waals surface area contributed by atoms with E-state index in [1.54, 1.807) is 13.3 Å². The third-order valence-electron chi connectivity index (χ3n) is 3.24. The molecule has 1 atom stereocenters. The molecule has 82 valence electrons. The Morgan fingerprint density at radius 3 is 2.87 bits per heavy atom. The molecule has 4 heteroatoms. The van der Waals surface area contributed by atoms with Crippen LogP contribution >= 0.6 is 0 Å². The molecule has 4 nitrogen and oxygen atoms in total. The van der Waals surface area contributed by atoms with Gasteiger partial charge in [0.15, 0.2) is 5.75 Å². The molecule has 1 aromatic heterocycles. The van der Waals surface area contributed by atoms with Gasteiger partial charge >= 0.3 is 0 Å². The average Bonchev–Trinajstić information content (AvgIpc) is 2.71. The zero-order valence-electron chi connectivity index (χ0n) is 9.41. The SMILES string of the molecule is COc1cnn(C)c1C1(C)CCC(=O)C1. The third-order valence-corrected chi connectivity index (χ3v) is 3.24. The van der Waals surface area contributed by atoms with Crippen molar-refractivity contribution in [1.82, 2.24) is 9.78 Å². The molecular formula is C11H16N2O2. The topological polar surface area (TPSA) is 44.1 Å². The summed E-state index contributed by atoms with van der Waals surface area (Å²) in [4.78, 5) is 11.4. The summed E-state index contributed by atoms with van der Waals surface area (Å²) < 4.78 is 7.10. The summed E-state index contributed by atoms with van der Waals surface area (Å²) in [5.74, 6) is 1.12. The molecule has 1 saturated carbocycles. The van der Waals surface area contributed by atoms with Gasteiger partial charge in [-0.1, -0.05) is 6.92 Å². The minimum atomic E-state index is -0.103. The zero-order valence-corrected chi connectivity index (χ0v) is 9.41. The van der Waals surface area contributed by atoms with E-state index in [2.05, 4.69) is 12.0 Å². The van der Waals surface area contributed by atoms with Gasteiger partial charge < -0.3 is 4.74 Å². The van der Waals surface area contributed by atoms with Crippen LogP contribution in [0.4, 0.5) is 0 Å². The minimum absolute atomic E-state index is 0.103. The minimum Gasteiger partial charge on any atom is -0.493 e. The number of carbonyl (C=O) groups is 1. The molecule has 2 rings (SSSR count). The molecule has 0 radical (unpaired) electrons. The predicted octanol–water partition coefficient (Wildman–Crippen LogP) is 1.44. The van der Waals surface area contributed by atoms with Crippen molar-refractivity contribution < 1.29 is 9.53 Å². The molecule has 0 bridgehead atoms. The molecule has 1 heterocycles. The normalized spacial score (nSPS) is 25.9. The van der Waals surface area contributed by atoms with Crippen molar-refractivity contribution in [2.75, 3.05) is 7.11 Å². The predicted molar refractivity (Wildman–Crippen MR) is 56.0 cm³/mol. The number of aromatic nitrogens is 2. The van der Waals surface area contributed by atoms with Gasteiger partial charge in [-0.05, 0) is 6.42 Å². The number of carbonyl (C=O) groups excluding carboxylic acids is 1. The molecule has 0 N–H and O–H groups in total. The molecule has 1 unspecified atom stereocenters. The van der Waals surface area contributed by atoms with Crippen LogP contribution in [-0.4, -0.2) is 22.7 Å². The number of aryl methyl sites for hydroxylation is 1. The summed E-state index contributed by atoms with van der Waals surface area (Å²) in [6.07, 6.45) is 3.87. The Morgan fingerprint density at radius 1 is 1.60 bits per heavy atom. The van der Waals surface area contributed by atoms with Crippen molar-refractivity contribution in [3.05, 3.63) is 11.9 Å². The Kier molecular flexibility index (Phi) is 2.29. The molecule has 0 saturated heterocycles. The van der Waals surface area contributed by atoms with Crippen LogP contribution in [0.25, 0.3) is 0 Å². The number of ketones is 1. The van der Waals surface area contributed by atoms with Gasteiger partial charge in [-0.2, -0.15) is 5.10 Å². The second-order valence-corrected chi connectivity index (χ2v) is 4.46. The molecule has 15 heavy (non-hydrogen) atoms. The van der Waals surface area contributed by atoms with Crippen LogP contribution in [-0.2, 0) is 17.3 Å². The lowest BCUT2D eigenvalue weighted by Gasteiger charge is -2.23. The van der Waals surface area contributed by atoms with E-state index in [-0.39, 0.29) is 5.41 Å². The van der Waals surface area contributed by atoms with Crippen molar-refractivity contribution in [3.63, 3.8) is 0 Å². The van der Waals surface area contributed by atoms with Gasteiger partial charge in [0.05, 0.1) is 19.0 Å². The van der Waals surface area contributed by atoms with Crippen molar-refractivity contribution in [2.45, 2.75) is 31.6 Å². The lowest BCUT2D eigenvalue weighted by molar-refractivity contribution is -0.117. The monoisotopic (exact) mass is 208 g/mol. The van der Waals surface area contributed by atoms with Gasteiger partial charge in [-0.25, -0.2) is 0 Å². The summed E-state index contributed by atoms with van der Waals surface area (Å²) in [6.45, 7) is 2.11. The first-order valence-corrected chi connectivity index (χ1v) is 5.15. The van der Waals surface area contributed by atoms with Crippen LogP contribution in [0, 0.1) is 0 Å². The Morgan fingerprint density at radius 2 is 2.33 bits per heavy atom. The molecule has 1 fully saturated rings. The number of nitrogens with zero attached hydrogens (tertiary/aromatic N) is 2. The average molecular weight is 208 g/mol. The number of rotatable bonds is 2. The van der Waals surface area contributed by atoms with E-state index < -0.39 is 0 Å². The molecule has 1 aliphatic rings. The molecule has 0 spiro atoms. The van der Waals surface area contributed by atoms with Crippen LogP contribution in [0.15, 0.2) is 6.20 Å². The first-order valence-electron chi connectivity index (χ1n) is 5.15. The smallest absolute Gasteiger partial charge is 0.160 e. The lowest BCUT2D eigenvalue weighted by atomic mass is 9.84. The molecule has 0 amide bonds. The zero-order chi connectivity index (χ0) is 11.1. The Hall–Kier alpha value is -1.32. The van der Waals surface area contributed by atoms with Crippen LogP contribution in [0.1, 0.15) is 31.9 Å². The van der Waals surface area contributed by atoms with E-state index >= 15 is 0 Å². The summed E-state index contributed by atoms with van der Waals surface area (Å²) in [5, 5.41) is 4.18. The highest BCUT2D eigenvalue weighted by molar-refractivity contribution is 5.82. The second kappa shape index (κ2) is 3.36. The number of ether oxygens (including phenoxy) is 1. The molecule has 0 aliphatic heterocycles. The molecule has 1 aromatic rings. The van der Waals surface area contributed by atoms with Gasteiger partial charge in [0.25, 0.3) is 0 Å². The van der Waals surface area contributed by atoms with Crippen LogP contribution in [0.5, 0.6) is 5.75 Å². The van der Waals surface area contributed by atoms with Crippen LogP contribution < -0.4 is 4.74 Å². The van der Waals surface area contributed by atoms with E-state index in [0.717, 1.165) is 17.9 Å². The first-order chi connectivity index (χ1) is 7.07. The number of hydrogen-bond acceptors (Lipinski definition) is 3. The lowest BCUT2D eigenvalue weighted by Crippen LogP contribution is -2.22. The third kappa shape index (κ3) is 1.54. The standard InChI is InChI=1S/C11H16N2O2/c1-11(5-4-8(14)6-11)10-9(15-3)7-12-13(10)2/h7H,4-6H2,1-3H3. The van der Waals surface area contributed by atoms with Crippen LogP contribution in [0.3, 0.4) is 0 Å². The number of Topliss-reactive ketones (excluding diaryl/α,β-unsaturated/α-hetero) is 1. The Balaban J connectivity index is 2.43. The molecule has 1 aliphatic carbocycles. The molecule has 0 aromatic carbocycles. The van der Waals surface area contributed by atoms with E-state index in [0.29, 0.717) is 18.6 Å². The first kappa shape index (κ1) is 10.2. The summed E-state index contributed by atoms with van der Waals surface area (Å²) in [7, 11) is 3.53. The van der Waals surface area contributed by atoms with Crippen molar-refractivity contribution in [3.8, 4) is 5.75 Å². The maximum atomic E-state index is 11.4. The van der Waals surface area contributed by atoms with Gasteiger partial charge in [-0.3, -0.25) is 9.48 Å². The number of hydrogen-bond donors (Lipinski definition) is 0. The fraction of sp³-hybridized carbons (Fsp3) is 0.636. The quantitative estimate of drug-likeness (QED) is 0.738. The molecular weight excluding hydrogens is 192 g/mol. The highest BCUT2D eigenvalue weighted by atomic mass is 16.5. The van der Waals surface area contributed by atoms with Gasteiger partial charge in [0.2, 0.25) is 0 Å². The van der Waals surface area contributed by atoms with Gasteiger partial charge in [0.1, 0.15) is 5.78 Å². The maximum absolute atomic E-state index is 11.4. The van der Waals surface area contributed by atoms with E-state index in [4.69, 9.17) is 4.74 Å². The van der Waals surface area contributed by atoms with Gasteiger partial charge in [-0.15, -0.1) is 0 Å². The largest absolute Gasteiger partial charge is 0.493 e. The number of methoxy groups -OCH3 is 1.